The SMILES string of the molecule is CCn1cc(CN(C)Cc2ccccc2C(=O)O)cn1. The maximum absolute atomic E-state index is 11.2. The van der Waals surface area contributed by atoms with Gasteiger partial charge in [-0.15, -0.1) is 0 Å². The molecule has 0 spiro atoms. The quantitative estimate of drug-likeness (QED) is 0.877. The number of hydrogen-bond donors (Lipinski definition) is 1. The Labute approximate surface area is 118 Å². The van der Waals surface area contributed by atoms with E-state index >= 15 is 0 Å². The Morgan fingerprint density at radius 3 is 2.75 bits per heavy atom. The summed E-state index contributed by atoms with van der Waals surface area (Å²) in [6.07, 6.45) is 3.86. The van der Waals surface area contributed by atoms with Crippen LogP contribution in [0.2, 0.25) is 0 Å². The van der Waals surface area contributed by atoms with E-state index in [-0.39, 0.29) is 0 Å². The van der Waals surface area contributed by atoms with Crippen LogP contribution in [-0.2, 0) is 19.6 Å². The summed E-state index contributed by atoms with van der Waals surface area (Å²) in [5, 5.41) is 13.4. The van der Waals surface area contributed by atoms with Crippen LogP contribution in [0.25, 0.3) is 0 Å². The normalized spacial score (nSPS) is 10.9. The standard InChI is InChI=1S/C15H19N3O2/c1-3-18-10-12(8-16-18)9-17(2)11-13-6-4-5-7-14(13)15(19)20/h4-8,10H,3,9,11H2,1-2H3,(H,19,20). The van der Waals surface area contributed by atoms with Gasteiger partial charge in [0.2, 0.25) is 0 Å². The first-order chi connectivity index (χ1) is 9.60. The molecule has 0 amide bonds. The number of aromatic nitrogens is 2. The number of rotatable bonds is 6. The summed E-state index contributed by atoms with van der Waals surface area (Å²) in [6, 6.07) is 7.11. The van der Waals surface area contributed by atoms with E-state index in [9.17, 15) is 9.90 Å². The predicted molar refractivity (Wildman–Crippen MR) is 76.5 cm³/mol. The lowest BCUT2D eigenvalue weighted by molar-refractivity contribution is 0.0694. The number of carbonyl (C=O) groups is 1. The van der Waals surface area contributed by atoms with Gasteiger partial charge >= 0.3 is 5.97 Å². The molecule has 0 bridgehead atoms. The zero-order valence-corrected chi connectivity index (χ0v) is 11.8. The highest BCUT2D eigenvalue weighted by Gasteiger charge is 2.11. The summed E-state index contributed by atoms with van der Waals surface area (Å²) in [5.74, 6) is -0.882. The van der Waals surface area contributed by atoms with Crippen LogP contribution in [-0.4, -0.2) is 32.8 Å². The highest BCUT2D eigenvalue weighted by Crippen LogP contribution is 2.13. The maximum atomic E-state index is 11.2. The lowest BCUT2D eigenvalue weighted by Gasteiger charge is -2.17. The summed E-state index contributed by atoms with van der Waals surface area (Å²) in [5.41, 5.74) is 2.32. The minimum Gasteiger partial charge on any atom is -0.478 e. The fourth-order valence-electron chi connectivity index (χ4n) is 2.19. The smallest absolute Gasteiger partial charge is 0.336 e. The predicted octanol–water partition coefficient (Wildman–Crippen LogP) is 2.23. The van der Waals surface area contributed by atoms with Crippen molar-refractivity contribution in [2.45, 2.75) is 26.6 Å². The summed E-state index contributed by atoms with van der Waals surface area (Å²) >= 11 is 0. The van der Waals surface area contributed by atoms with Crippen molar-refractivity contribution >= 4 is 5.97 Å². The van der Waals surface area contributed by atoms with E-state index in [1.54, 1.807) is 12.1 Å². The Kier molecular flexibility index (Phi) is 4.53. The van der Waals surface area contributed by atoms with Crippen LogP contribution in [0.3, 0.4) is 0 Å². The van der Waals surface area contributed by atoms with Crippen LogP contribution in [0.1, 0.15) is 28.4 Å². The van der Waals surface area contributed by atoms with Gasteiger partial charge < -0.3 is 5.11 Å². The molecular formula is C15H19N3O2. The zero-order valence-electron chi connectivity index (χ0n) is 11.8. The molecule has 5 heteroatoms. The van der Waals surface area contributed by atoms with Gasteiger partial charge in [-0.3, -0.25) is 9.58 Å². The zero-order chi connectivity index (χ0) is 14.5. The van der Waals surface area contributed by atoms with E-state index in [1.807, 2.05) is 43.2 Å². The molecule has 0 aliphatic rings. The summed E-state index contributed by atoms with van der Waals surface area (Å²) < 4.78 is 1.88. The first kappa shape index (κ1) is 14.3. The van der Waals surface area contributed by atoms with E-state index in [1.165, 1.54) is 0 Å². The van der Waals surface area contributed by atoms with E-state index in [2.05, 4.69) is 10.00 Å². The summed E-state index contributed by atoms with van der Waals surface area (Å²) in [4.78, 5) is 13.3. The molecular weight excluding hydrogens is 254 g/mol. The number of carboxylic acids is 1. The lowest BCUT2D eigenvalue weighted by atomic mass is 10.1. The molecule has 20 heavy (non-hydrogen) atoms. The van der Waals surface area contributed by atoms with Crippen molar-refractivity contribution in [3.8, 4) is 0 Å². The van der Waals surface area contributed by atoms with E-state index in [0.29, 0.717) is 12.1 Å². The van der Waals surface area contributed by atoms with Crippen LogP contribution in [0.15, 0.2) is 36.7 Å². The third-order valence-corrected chi connectivity index (χ3v) is 3.15. The fourth-order valence-corrected chi connectivity index (χ4v) is 2.19. The largest absolute Gasteiger partial charge is 0.478 e. The lowest BCUT2D eigenvalue weighted by Crippen LogP contribution is -2.18. The summed E-state index contributed by atoms with van der Waals surface area (Å²) in [7, 11) is 1.97. The highest BCUT2D eigenvalue weighted by atomic mass is 16.4. The van der Waals surface area contributed by atoms with E-state index in [4.69, 9.17) is 0 Å². The first-order valence-electron chi connectivity index (χ1n) is 6.61. The molecule has 0 aliphatic heterocycles. The molecule has 0 aliphatic carbocycles. The molecule has 106 valence electrons. The van der Waals surface area contributed by atoms with E-state index < -0.39 is 5.97 Å². The molecule has 1 heterocycles. The van der Waals surface area contributed by atoms with Gasteiger partial charge in [-0.2, -0.15) is 5.10 Å². The van der Waals surface area contributed by atoms with Crippen molar-refractivity contribution in [1.82, 2.24) is 14.7 Å². The molecule has 5 nitrogen and oxygen atoms in total. The molecule has 1 aromatic carbocycles. The Hall–Kier alpha value is -2.14. The van der Waals surface area contributed by atoms with Gasteiger partial charge in [-0.25, -0.2) is 4.79 Å². The van der Waals surface area contributed by atoms with Crippen molar-refractivity contribution in [3.05, 3.63) is 53.3 Å². The van der Waals surface area contributed by atoms with Gasteiger partial charge in [0.25, 0.3) is 0 Å². The molecule has 0 fully saturated rings. The van der Waals surface area contributed by atoms with Crippen molar-refractivity contribution in [1.29, 1.82) is 0 Å². The van der Waals surface area contributed by atoms with Crippen molar-refractivity contribution in [2.24, 2.45) is 0 Å². The van der Waals surface area contributed by atoms with Crippen LogP contribution in [0.5, 0.6) is 0 Å². The van der Waals surface area contributed by atoms with Gasteiger partial charge in [0.1, 0.15) is 0 Å². The summed E-state index contributed by atoms with van der Waals surface area (Å²) in [6.45, 7) is 4.24. The van der Waals surface area contributed by atoms with Crippen molar-refractivity contribution in [2.75, 3.05) is 7.05 Å². The fraction of sp³-hybridized carbons (Fsp3) is 0.333. The molecule has 0 saturated heterocycles. The van der Waals surface area contributed by atoms with Gasteiger partial charge in [0.05, 0.1) is 11.8 Å². The minimum absolute atomic E-state index is 0.364. The maximum Gasteiger partial charge on any atom is 0.336 e. The van der Waals surface area contributed by atoms with Crippen LogP contribution >= 0.6 is 0 Å². The van der Waals surface area contributed by atoms with Gasteiger partial charge in [0, 0.05) is 31.4 Å². The monoisotopic (exact) mass is 273 g/mol. The van der Waals surface area contributed by atoms with E-state index in [0.717, 1.165) is 24.2 Å². The number of aryl methyl sites for hydroxylation is 1. The molecule has 2 rings (SSSR count). The second-order valence-electron chi connectivity index (χ2n) is 4.84. The molecule has 1 N–H and O–H groups in total. The molecule has 2 aromatic rings. The van der Waals surface area contributed by atoms with Crippen molar-refractivity contribution < 1.29 is 9.90 Å². The molecule has 1 aromatic heterocycles. The average molecular weight is 273 g/mol. The van der Waals surface area contributed by atoms with Gasteiger partial charge in [-0.1, -0.05) is 18.2 Å². The Bertz CT molecular complexity index is 592. The first-order valence-corrected chi connectivity index (χ1v) is 6.61. The van der Waals surface area contributed by atoms with Gasteiger partial charge in [0.15, 0.2) is 0 Å². The molecule has 0 saturated carbocycles. The van der Waals surface area contributed by atoms with Crippen LogP contribution in [0.4, 0.5) is 0 Å². The average Bonchev–Trinajstić information content (AvgIpc) is 2.86. The van der Waals surface area contributed by atoms with Crippen LogP contribution in [0, 0.1) is 0 Å². The highest BCUT2D eigenvalue weighted by molar-refractivity contribution is 5.89. The third-order valence-electron chi connectivity index (χ3n) is 3.15. The second-order valence-corrected chi connectivity index (χ2v) is 4.84. The molecule has 0 unspecified atom stereocenters. The Morgan fingerprint density at radius 1 is 1.35 bits per heavy atom. The number of benzene rings is 1. The topological polar surface area (TPSA) is 58.4 Å². The third kappa shape index (κ3) is 3.45. The Morgan fingerprint density at radius 2 is 2.10 bits per heavy atom. The van der Waals surface area contributed by atoms with Crippen LogP contribution < -0.4 is 0 Å². The number of hydrogen-bond acceptors (Lipinski definition) is 3. The number of carboxylic acid groups (broad SMARTS) is 1. The van der Waals surface area contributed by atoms with Crippen molar-refractivity contribution in [3.63, 3.8) is 0 Å². The number of aromatic carboxylic acids is 1. The molecule has 0 radical (unpaired) electrons. The minimum atomic E-state index is -0.882. The Balaban J connectivity index is 2.04. The second kappa shape index (κ2) is 6.34. The molecule has 0 atom stereocenters. The number of nitrogens with zero attached hydrogens (tertiary/aromatic N) is 3. The van der Waals surface area contributed by atoms with Gasteiger partial charge in [-0.05, 0) is 25.6 Å².